The second-order valence-corrected chi connectivity index (χ2v) is 14.8. The number of ether oxygens (including phenoxy) is 2. The number of benzene rings is 3. The summed E-state index contributed by atoms with van der Waals surface area (Å²) in [7, 11) is -0.133. The molecule has 0 radical (unpaired) electrons. The molecule has 3 aromatic carbocycles. The van der Waals surface area contributed by atoms with E-state index < -0.39 is 34.7 Å². The van der Waals surface area contributed by atoms with Crippen LogP contribution in [-0.4, -0.2) is 114 Å². The van der Waals surface area contributed by atoms with Gasteiger partial charge in [0.2, 0.25) is 21.8 Å². The summed E-state index contributed by atoms with van der Waals surface area (Å²) in [5, 5.41) is 4.76. The van der Waals surface area contributed by atoms with Crippen LogP contribution in [0.15, 0.2) is 96.2 Å². The number of sulfonamides is 1. The van der Waals surface area contributed by atoms with E-state index in [2.05, 4.69) is 40.0 Å². The van der Waals surface area contributed by atoms with Crippen LogP contribution in [0.1, 0.15) is 25.0 Å². The normalized spacial score (nSPS) is 11.2. The number of carbonyl (C=O) groups excluding carboxylic acids is 4. The Balaban J connectivity index is 1.23. The third-order valence-corrected chi connectivity index (χ3v) is 10.6. The molecule has 0 fully saturated rings. The summed E-state index contributed by atoms with van der Waals surface area (Å²) in [5.74, 6) is 0.230. The van der Waals surface area contributed by atoms with Crippen molar-refractivity contribution < 1.29 is 37.1 Å². The van der Waals surface area contributed by atoms with Gasteiger partial charge in [-0.3, -0.25) is 9.59 Å². The molecule has 18 heteroatoms. The van der Waals surface area contributed by atoms with Crippen molar-refractivity contribution >= 4 is 34.0 Å². The molecule has 4 N–H and O–H groups in total. The first-order chi connectivity index (χ1) is 27.4. The van der Waals surface area contributed by atoms with Crippen molar-refractivity contribution in [1.29, 1.82) is 0 Å². The molecule has 0 saturated heterocycles. The maximum atomic E-state index is 13.2. The van der Waals surface area contributed by atoms with Crippen LogP contribution < -0.4 is 10.6 Å². The van der Waals surface area contributed by atoms with E-state index in [0.717, 1.165) is 38.7 Å². The summed E-state index contributed by atoms with van der Waals surface area (Å²) in [6.07, 6.45) is 2.63. The Kier molecular flexibility index (Phi) is 14.1. The molecule has 17 nitrogen and oxygen atoms in total. The quantitative estimate of drug-likeness (QED) is 0.0985. The number of carbonyl (C=O) groups is 4. The van der Waals surface area contributed by atoms with Gasteiger partial charge >= 0.3 is 12.2 Å². The van der Waals surface area contributed by atoms with Gasteiger partial charge in [-0.15, -0.1) is 0 Å². The number of hydrogen-bond acceptors (Lipinski definition) is 10. The molecule has 2 aromatic heterocycles. The minimum atomic E-state index is -3.92. The van der Waals surface area contributed by atoms with Crippen LogP contribution in [0, 0.1) is 0 Å². The fourth-order valence-corrected chi connectivity index (χ4v) is 6.91. The third-order valence-electron chi connectivity index (χ3n) is 8.82. The van der Waals surface area contributed by atoms with Crippen LogP contribution in [0.4, 0.5) is 9.59 Å². The predicted octanol–water partition coefficient (Wildman–Crippen LogP) is 4.19. The monoisotopic (exact) mass is 799 g/mol. The van der Waals surface area contributed by atoms with E-state index in [1.165, 1.54) is 38.3 Å². The van der Waals surface area contributed by atoms with Gasteiger partial charge in [0, 0.05) is 13.6 Å². The zero-order valence-electron chi connectivity index (χ0n) is 32.0. The van der Waals surface area contributed by atoms with Gasteiger partial charge in [-0.1, -0.05) is 73.7 Å². The number of aromatic amines is 2. The van der Waals surface area contributed by atoms with Gasteiger partial charge in [0.15, 0.2) is 0 Å². The van der Waals surface area contributed by atoms with Gasteiger partial charge < -0.3 is 39.9 Å². The molecular weight excluding hydrogens is 755 g/mol. The van der Waals surface area contributed by atoms with Crippen molar-refractivity contribution in [1.82, 2.24) is 44.7 Å². The lowest BCUT2D eigenvalue weighted by Crippen LogP contribution is -2.46. The maximum absolute atomic E-state index is 13.2. The molecule has 0 aliphatic carbocycles. The highest BCUT2D eigenvalue weighted by Gasteiger charge is 2.26. The van der Waals surface area contributed by atoms with E-state index in [-0.39, 0.29) is 37.1 Å². The molecule has 2 heterocycles. The lowest BCUT2D eigenvalue weighted by atomic mass is 10.0. The van der Waals surface area contributed by atoms with Gasteiger partial charge in [-0.2, -0.15) is 4.31 Å². The molecule has 0 saturated carbocycles. The predicted molar refractivity (Wildman–Crippen MR) is 210 cm³/mol. The van der Waals surface area contributed by atoms with Crippen molar-refractivity contribution in [2.45, 2.75) is 31.3 Å². The first kappa shape index (κ1) is 41.6. The van der Waals surface area contributed by atoms with E-state index in [0.29, 0.717) is 23.9 Å². The summed E-state index contributed by atoms with van der Waals surface area (Å²) in [4.78, 5) is 67.4. The van der Waals surface area contributed by atoms with Crippen LogP contribution >= 0.6 is 0 Å². The van der Waals surface area contributed by atoms with E-state index in [9.17, 15) is 27.6 Å². The fraction of sp³-hybridized carbons (Fsp3) is 0.282. The number of H-pyrrole nitrogens is 2. The average Bonchev–Trinajstić information content (AvgIpc) is 3.91. The van der Waals surface area contributed by atoms with Gasteiger partial charge in [-0.05, 0) is 40.8 Å². The largest absolute Gasteiger partial charge is 0.453 e. The number of amides is 4. The second kappa shape index (κ2) is 19.4. The number of aromatic nitrogens is 4. The lowest BCUT2D eigenvalue weighted by Gasteiger charge is -2.27. The average molecular weight is 800 g/mol. The standard InChI is InChI=1S/C39H45N9O8S/c1-5-19-47(36(49)22-42-38(51)55-3)24-34-40-20-32(44-34)29-15-11-27(12-16-29)28-13-17-30(18-14-28)33-21-41-35(45-33)25-48(37(50)23-43-39(52)56-4)26-46(2)57(53,54)31-9-7-6-8-10-31/h6-18,20-21H,5,19,22-26H2,1-4H3,(H,40,44)(H,41,45)(H,42,51)(H,43,52). The summed E-state index contributed by atoms with van der Waals surface area (Å²) in [6.45, 7) is 1.78. The molecule has 0 spiro atoms. The van der Waals surface area contributed by atoms with Crippen LogP contribution in [0.3, 0.4) is 0 Å². The van der Waals surface area contributed by atoms with E-state index in [4.69, 9.17) is 0 Å². The molecular formula is C39H45N9O8S. The molecule has 0 bridgehead atoms. The zero-order chi connectivity index (χ0) is 41.0. The van der Waals surface area contributed by atoms with Crippen molar-refractivity contribution in [3.8, 4) is 33.6 Å². The Morgan fingerprint density at radius 3 is 1.56 bits per heavy atom. The van der Waals surface area contributed by atoms with Gasteiger partial charge in [0.05, 0.1) is 62.7 Å². The molecule has 57 heavy (non-hydrogen) atoms. The molecule has 5 rings (SSSR count). The first-order valence-corrected chi connectivity index (χ1v) is 19.3. The Morgan fingerprint density at radius 1 is 0.667 bits per heavy atom. The van der Waals surface area contributed by atoms with Crippen LogP contribution in [-0.2, 0) is 42.2 Å². The van der Waals surface area contributed by atoms with Crippen molar-refractivity contribution in [3.05, 3.63) is 103 Å². The molecule has 5 aromatic rings. The highest BCUT2D eigenvalue weighted by atomic mass is 32.2. The maximum Gasteiger partial charge on any atom is 0.407 e. The zero-order valence-corrected chi connectivity index (χ0v) is 32.8. The van der Waals surface area contributed by atoms with Crippen LogP contribution in [0.25, 0.3) is 33.6 Å². The molecule has 0 unspecified atom stereocenters. The van der Waals surface area contributed by atoms with E-state index >= 15 is 0 Å². The first-order valence-electron chi connectivity index (χ1n) is 17.9. The summed E-state index contributed by atoms with van der Waals surface area (Å²) in [5.41, 5.74) is 5.19. The smallest absolute Gasteiger partial charge is 0.407 e. The number of hydrogen-bond donors (Lipinski definition) is 4. The molecule has 300 valence electrons. The van der Waals surface area contributed by atoms with E-state index in [1.807, 2.05) is 55.5 Å². The number of alkyl carbamates (subject to hydrolysis) is 2. The van der Waals surface area contributed by atoms with Gasteiger partial charge in [0.1, 0.15) is 24.7 Å². The Bertz CT molecular complexity index is 2240. The third kappa shape index (κ3) is 11.0. The molecule has 4 amide bonds. The topological polar surface area (TPSA) is 212 Å². The van der Waals surface area contributed by atoms with Crippen LogP contribution in [0.2, 0.25) is 0 Å². The van der Waals surface area contributed by atoms with E-state index in [1.54, 1.807) is 35.5 Å². The van der Waals surface area contributed by atoms with Crippen LogP contribution in [0.5, 0.6) is 0 Å². The molecule has 0 aliphatic heterocycles. The molecule has 0 atom stereocenters. The van der Waals surface area contributed by atoms with Gasteiger partial charge in [0.25, 0.3) is 0 Å². The summed E-state index contributed by atoms with van der Waals surface area (Å²) in [6, 6.07) is 23.7. The highest BCUT2D eigenvalue weighted by Crippen LogP contribution is 2.27. The number of imidazole rings is 2. The Hall–Kier alpha value is -6.53. The minimum absolute atomic E-state index is 0.0672. The molecule has 0 aliphatic rings. The minimum Gasteiger partial charge on any atom is -0.453 e. The Morgan fingerprint density at radius 2 is 1.11 bits per heavy atom. The lowest BCUT2D eigenvalue weighted by molar-refractivity contribution is -0.132. The summed E-state index contributed by atoms with van der Waals surface area (Å²) < 4.78 is 36.6. The fourth-order valence-electron chi connectivity index (χ4n) is 5.76. The number of nitrogens with zero attached hydrogens (tertiary/aromatic N) is 5. The summed E-state index contributed by atoms with van der Waals surface area (Å²) >= 11 is 0. The van der Waals surface area contributed by atoms with Crippen molar-refractivity contribution in [3.63, 3.8) is 0 Å². The SMILES string of the molecule is CCCN(Cc1ncc(-c2ccc(-c3ccc(-c4cnc(CN(CN(C)S(=O)(=O)c5ccccc5)C(=O)CNC(=O)OC)[nH]4)cc3)cc2)[nH]1)C(=O)CNC(=O)OC. The van der Waals surface area contributed by atoms with Crippen molar-refractivity contribution in [2.75, 3.05) is 47.6 Å². The van der Waals surface area contributed by atoms with Crippen molar-refractivity contribution in [2.24, 2.45) is 0 Å². The van der Waals surface area contributed by atoms with Gasteiger partial charge in [-0.25, -0.2) is 28.0 Å². The number of nitrogens with one attached hydrogen (secondary N) is 4. The Labute approximate surface area is 330 Å². The number of rotatable bonds is 17. The number of methoxy groups -OCH3 is 2. The second-order valence-electron chi connectivity index (χ2n) is 12.8. The highest BCUT2D eigenvalue weighted by molar-refractivity contribution is 7.89.